The van der Waals surface area contributed by atoms with Crippen LogP contribution in [0.1, 0.15) is 37.9 Å². The topological polar surface area (TPSA) is 27.1 Å². The summed E-state index contributed by atoms with van der Waals surface area (Å²) in [7, 11) is 1.69. The third-order valence-electron chi connectivity index (χ3n) is 4.36. The van der Waals surface area contributed by atoms with Gasteiger partial charge in [0.1, 0.15) is 16.2 Å². The second kappa shape index (κ2) is 6.83. The molecule has 0 bridgehead atoms. The Morgan fingerprint density at radius 1 is 1.26 bits per heavy atom. The van der Waals surface area contributed by atoms with Gasteiger partial charge in [0.05, 0.1) is 7.11 Å². The van der Waals surface area contributed by atoms with E-state index in [-0.39, 0.29) is 0 Å². The zero-order valence-corrected chi connectivity index (χ0v) is 14.9. The van der Waals surface area contributed by atoms with Gasteiger partial charge in [0.15, 0.2) is 0 Å². The number of methoxy groups -OCH3 is 1. The predicted molar refractivity (Wildman–Crippen MR) is 96.5 cm³/mol. The molecule has 0 unspecified atom stereocenters. The van der Waals surface area contributed by atoms with Gasteiger partial charge in [0, 0.05) is 23.4 Å². The van der Waals surface area contributed by atoms with E-state index in [9.17, 15) is 0 Å². The Bertz CT molecular complexity index is 764. The van der Waals surface area contributed by atoms with Crippen molar-refractivity contribution < 1.29 is 4.74 Å². The summed E-state index contributed by atoms with van der Waals surface area (Å²) in [6.45, 7) is 5.47. The SMILES string of the molecule is COc1cccc(-c2nc(=S)c3c(n2CC(C)C)CCCC3)c1. The molecule has 1 aliphatic rings. The molecular weight excluding hydrogens is 304 g/mol. The lowest BCUT2D eigenvalue weighted by Gasteiger charge is -2.25. The summed E-state index contributed by atoms with van der Waals surface area (Å²) in [4.78, 5) is 4.81. The highest BCUT2D eigenvalue weighted by molar-refractivity contribution is 7.71. The van der Waals surface area contributed by atoms with Crippen molar-refractivity contribution in [2.75, 3.05) is 7.11 Å². The summed E-state index contributed by atoms with van der Waals surface area (Å²) < 4.78 is 8.55. The minimum Gasteiger partial charge on any atom is -0.497 e. The molecule has 0 atom stereocenters. The Morgan fingerprint density at radius 2 is 2.04 bits per heavy atom. The number of nitrogens with zero attached hydrogens (tertiary/aromatic N) is 2. The van der Waals surface area contributed by atoms with Gasteiger partial charge in [-0.05, 0) is 43.7 Å². The predicted octanol–water partition coefficient (Wildman–Crippen LogP) is 4.82. The third-order valence-corrected chi connectivity index (χ3v) is 4.70. The van der Waals surface area contributed by atoms with Crippen molar-refractivity contribution in [1.29, 1.82) is 0 Å². The number of ether oxygens (including phenoxy) is 1. The molecule has 3 rings (SSSR count). The van der Waals surface area contributed by atoms with Gasteiger partial charge in [-0.25, -0.2) is 4.98 Å². The standard InChI is InChI=1S/C19H24N2OS/c1-13(2)12-21-17-10-5-4-9-16(17)19(23)20-18(21)14-7-6-8-15(11-14)22-3/h6-8,11,13H,4-5,9-10,12H2,1-3H3. The second-order valence-electron chi connectivity index (χ2n) is 6.61. The van der Waals surface area contributed by atoms with Crippen molar-refractivity contribution in [3.63, 3.8) is 0 Å². The van der Waals surface area contributed by atoms with Crippen LogP contribution < -0.4 is 4.74 Å². The van der Waals surface area contributed by atoms with E-state index in [1.165, 1.54) is 24.1 Å². The van der Waals surface area contributed by atoms with E-state index in [1.807, 2.05) is 18.2 Å². The van der Waals surface area contributed by atoms with E-state index < -0.39 is 0 Å². The molecule has 122 valence electrons. The van der Waals surface area contributed by atoms with Gasteiger partial charge in [-0.3, -0.25) is 0 Å². The average molecular weight is 328 g/mol. The third kappa shape index (κ3) is 3.32. The minimum atomic E-state index is 0.563. The van der Waals surface area contributed by atoms with Gasteiger partial charge < -0.3 is 9.30 Å². The molecule has 1 aromatic heterocycles. The van der Waals surface area contributed by atoms with Gasteiger partial charge in [-0.2, -0.15) is 0 Å². The van der Waals surface area contributed by atoms with E-state index >= 15 is 0 Å². The first-order valence-electron chi connectivity index (χ1n) is 8.37. The first-order chi connectivity index (χ1) is 11.1. The molecule has 0 spiro atoms. The van der Waals surface area contributed by atoms with Crippen molar-refractivity contribution in [2.24, 2.45) is 5.92 Å². The van der Waals surface area contributed by atoms with Crippen molar-refractivity contribution in [3.8, 4) is 17.1 Å². The molecular formula is C19H24N2OS. The van der Waals surface area contributed by atoms with Crippen LogP contribution in [0, 0.1) is 10.6 Å². The molecule has 0 amide bonds. The Hall–Kier alpha value is -1.68. The molecule has 23 heavy (non-hydrogen) atoms. The van der Waals surface area contributed by atoms with Crippen LogP contribution in [0.15, 0.2) is 24.3 Å². The maximum Gasteiger partial charge on any atom is 0.141 e. The molecule has 0 saturated carbocycles. The molecule has 0 aliphatic heterocycles. The summed E-state index contributed by atoms with van der Waals surface area (Å²) in [5, 5.41) is 0. The monoisotopic (exact) mass is 328 g/mol. The summed E-state index contributed by atoms with van der Waals surface area (Å²) in [5.74, 6) is 2.39. The fourth-order valence-electron chi connectivity index (χ4n) is 3.31. The van der Waals surface area contributed by atoms with Crippen molar-refractivity contribution in [1.82, 2.24) is 9.55 Å². The highest BCUT2D eigenvalue weighted by atomic mass is 32.1. The quantitative estimate of drug-likeness (QED) is 0.753. The van der Waals surface area contributed by atoms with Crippen LogP contribution in [0.5, 0.6) is 5.75 Å². The highest BCUT2D eigenvalue weighted by Crippen LogP contribution is 2.29. The van der Waals surface area contributed by atoms with Gasteiger partial charge in [0.2, 0.25) is 0 Å². The Balaban J connectivity index is 2.22. The molecule has 0 saturated heterocycles. The number of fused-ring (bicyclic) bond motifs is 1. The van der Waals surface area contributed by atoms with E-state index in [0.717, 1.165) is 41.2 Å². The first kappa shape index (κ1) is 16.2. The molecule has 1 aliphatic carbocycles. The molecule has 0 N–H and O–H groups in total. The van der Waals surface area contributed by atoms with Gasteiger partial charge in [-0.15, -0.1) is 0 Å². The zero-order chi connectivity index (χ0) is 16.4. The lowest BCUT2D eigenvalue weighted by molar-refractivity contribution is 0.415. The number of rotatable bonds is 4. The Morgan fingerprint density at radius 3 is 2.78 bits per heavy atom. The maximum atomic E-state index is 5.61. The molecule has 1 heterocycles. The van der Waals surface area contributed by atoms with Crippen LogP contribution in [-0.2, 0) is 19.4 Å². The summed E-state index contributed by atoms with van der Waals surface area (Å²) in [6.07, 6.45) is 4.63. The second-order valence-corrected chi connectivity index (χ2v) is 7.00. The largest absolute Gasteiger partial charge is 0.497 e. The lowest BCUT2D eigenvalue weighted by Crippen LogP contribution is -2.20. The lowest BCUT2D eigenvalue weighted by atomic mass is 9.96. The number of aromatic nitrogens is 2. The van der Waals surface area contributed by atoms with Gasteiger partial charge >= 0.3 is 0 Å². The van der Waals surface area contributed by atoms with Crippen LogP contribution in [0.25, 0.3) is 11.4 Å². The van der Waals surface area contributed by atoms with E-state index in [4.69, 9.17) is 21.9 Å². The minimum absolute atomic E-state index is 0.563. The van der Waals surface area contributed by atoms with Crippen molar-refractivity contribution >= 4 is 12.2 Å². The molecule has 4 heteroatoms. The van der Waals surface area contributed by atoms with E-state index in [1.54, 1.807) is 7.11 Å². The molecule has 3 nitrogen and oxygen atoms in total. The van der Waals surface area contributed by atoms with Gasteiger partial charge in [-0.1, -0.05) is 38.2 Å². The van der Waals surface area contributed by atoms with E-state index in [2.05, 4.69) is 24.5 Å². The zero-order valence-electron chi connectivity index (χ0n) is 14.1. The molecule has 2 aromatic rings. The van der Waals surface area contributed by atoms with Crippen molar-refractivity contribution in [2.45, 2.75) is 46.1 Å². The van der Waals surface area contributed by atoms with Gasteiger partial charge in [0.25, 0.3) is 0 Å². The summed E-state index contributed by atoms with van der Waals surface area (Å²) >= 11 is 5.61. The smallest absolute Gasteiger partial charge is 0.141 e. The molecule has 1 aromatic carbocycles. The number of hydrogen-bond donors (Lipinski definition) is 0. The molecule has 0 fully saturated rings. The van der Waals surface area contributed by atoms with Crippen LogP contribution >= 0.6 is 12.2 Å². The number of hydrogen-bond acceptors (Lipinski definition) is 3. The van der Waals surface area contributed by atoms with Crippen LogP contribution in [-0.4, -0.2) is 16.7 Å². The highest BCUT2D eigenvalue weighted by Gasteiger charge is 2.19. The average Bonchev–Trinajstić information content (AvgIpc) is 2.57. The van der Waals surface area contributed by atoms with Crippen LogP contribution in [0.2, 0.25) is 0 Å². The van der Waals surface area contributed by atoms with Crippen molar-refractivity contribution in [3.05, 3.63) is 40.2 Å². The Kier molecular flexibility index (Phi) is 4.81. The summed E-state index contributed by atoms with van der Waals surface area (Å²) in [6, 6.07) is 8.11. The fourth-order valence-corrected chi connectivity index (χ4v) is 3.62. The number of benzene rings is 1. The van der Waals surface area contributed by atoms with Crippen LogP contribution in [0.3, 0.4) is 0 Å². The maximum absolute atomic E-state index is 5.61. The van der Waals surface area contributed by atoms with Crippen LogP contribution in [0.4, 0.5) is 0 Å². The van der Waals surface area contributed by atoms with E-state index in [0.29, 0.717) is 5.92 Å². The first-order valence-corrected chi connectivity index (χ1v) is 8.78. The fraction of sp³-hybridized carbons (Fsp3) is 0.474. The summed E-state index contributed by atoms with van der Waals surface area (Å²) in [5.41, 5.74) is 3.76. The molecule has 0 radical (unpaired) electrons. The Labute approximate surface area is 143 Å². The normalized spacial score (nSPS) is 13.9.